The number of nitrogens with zero attached hydrogens (tertiary/aromatic N) is 2. The Hall–Kier alpha value is -0.870. The van der Waals surface area contributed by atoms with Crippen LogP contribution in [-0.4, -0.2) is 41.3 Å². The van der Waals surface area contributed by atoms with Crippen molar-refractivity contribution in [2.45, 2.75) is 33.3 Å². The van der Waals surface area contributed by atoms with Gasteiger partial charge in [-0.25, -0.2) is 0 Å². The molecule has 0 unspecified atom stereocenters. The highest BCUT2D eigenvalue weighted by Crippen LogP contribution is 2.30. The monoisotopic (exact) mass is 237 g/mol. The lowest BCUT2D eigenvalue weighted by molar-refractivity contribution is -0.107. The lowest BCUT2D eigenvalue weighted by Gasteiger charge is -2.40. The second-order valence-electron chi connectivity index (χ2n) is 5.64. The first-order chi connectivity index (χ1) is 8.01. The Balaban J connectivity index is 2.12. The van der Waals surface area contributed by atoms with E-state index in [0.29, 0.717) is 5.92 Å². The minimum absolute atomic E-state index is 0.242. The van der Waals surface area contributed by atoms with Gasteiger partial charge in [-0.1, -0.05) is 13.8 Å². The van der Waals surface area contributed by atoms with Crippen LogP contribution in [0.25, 0.3) is 0 Å². The molecule has 0 bridgehead atoms. The largest absolute Gasteiger partial charge is 0.366 e. The van der Waals surface area contributed by atoms with Crippen molar-refractivity contribution in [1.29, 1.82) is 0 Å². The van der Waals surface area contributed by atoms with Crippen molar-refractivity contribution in [2.24, 2.45) is 5.92 Å². The highest BCUT2D eigenvalue weighted by atomic mass is 16.5. The molecule has 1 atom stereocenters. The topological polar surface area (TPSA) is 41.2 Å². The van der Waals surface area contributed by atoms with Crippen molar-refractivity contribution in [2.75, 3.05) is 26.2 Å². The van der Waals surface area contributed by atoms with Gasteiger partial charge in [-0.15, -0.1) is 0 Å². The van der Waals surface area contributed by atoms with Gasteiger partial charge >= 0.3 is 0 Å². The van der Waals surface area contributed by atoms with Gasteiger partial charge in [0.1, 0.15) is 5.60 Å². The Labute approximate surface area is 103 Å². The first kappa shape index (κ1) is 12.6. The molecule has 1 aliphatic rings. The van der Waals surface area contributed by atoms with Crippen LogP contribution in [0.2, 0.25) is 0 Å². The number of H-pyrrole nitrogens is 1. The Bertz CT molecular complexity index is 374. The normalized spacial score (nSPS) is 26.6. The fourth-order valence-corrected chi connectivity index (χ4v) is 2.66. The van der Waals surface area contributed by atoms with E-state index in [0.717, 1.165) is 31.9 Å². The molecule has 2 heterocycles. The molecule has 1 aromatic heterocycles. The quantitative estimate of drug-likeness (QED) is 0.873. The van der Waals surface area contributed by atoms with Crippen LogP contribution in [0.3, 0.4) is 0 Å². The van der Waals surface area contributed by atoms with Crippen LogP contribution in [0, 0.1) is 12.8 Å². The number of ether oxygens (including phenoxy) is 1. The van der Waals surface area contributed by atoms with Gasteiger partial charge in [-0.3, -0.25) is 10.00 Å². The molecule has 0 aromatic carbocycles. The average molecular weight is 237 g/mol. The van der Waals surface area contributed by atoms with E-state index in [2.05, 4.69) is 42.8 Å². The molecule has 1 N–H and O–H groups in total. The van der Waals surface area contributed by atoms with Crippen molar-refractivity contribution in [3.8, 4) is 0 Å². The Kier molecular flexibility index (Phi) is 3.54. The molecule has 4 heteroatoms. The van der Waals surface area contributed by atoms with Crippen molar-refractivity contribution in [3.63, 3.8) is 0 Å². The Morgan fingerprint density at radius 3 is 2.94 bits per heavy atom. The molecule has 0 saturated carbocycles. The van der Waals surface area contributed by atoms with Crippen LogP contribution in [0.1, 0.15) is 32.0 Å². The van der Waals surface area contributed by atoms with Crippen LogP contribution in [-0.2, 0) is 10.3 Å². The zero-order valence-electron chi connectivity index (χ0n) is 11.3. The highest BCUT2D eigenvalue weighted by molar-refractivity contribution is 5.22. The number of rotatable bonds is 3. The van der Waals surface area contributed by atoms with E-state index < -0.39 is 0 Å². The van der Waals surface area contributed by atoms with Crippen LogP contribution < -0.4 is 0 Å². The summed E-state index contributed by atoms with van der Waals surface area (Å²) in [7, 11) is 0. The number of hydrogen-bond acceptors (Lipinski definition) is 3. The SMILES string of the molecule is Cc1cn[nH]c1[C@@]1(C)CN(CC(C)C)CCO1. The number of nitrogens with one attached hydrogen (secondary N) is 1. The van der Waals surface area contributed by atoms with Gasteiger partial charge < -0.3 is 4.74 Å². The summed E-state index contributed by atoms with van der Waals surface area (Å²) in [5.74, 6) is 0.695. The summed E-state index contributed by atoms with van der Waals surface area (Å²) in [6.45, 7) is 12.6. The number of aryl methyl sites for hydroxylation is 1. The molecule has 0 spiro atoms. The summed E-state index contributed by atoms with van der Waals surface area (Å²) in [5.41, 5.74) is 2.05. The molecule has 0 amide bonds. The Morgan fingerprint density at radius 2 is 2.35 bits per heavy atom. The first-order valence-electron chi connectivity index (χ1n) is 6.38. The van der Waals surface area contributed by atoms with Crippen molar-refractivity contribution >= 4 is 0 Å². The molecular formula is C13H23N3O. The van der Waals surface area contributed by atoms with Crippen molar-refractivity contribution < 1.29 is 4.74 Å². The third kappa shape index (κ3) is 2.69. The smallest absolute Gasteiger partial charge is 0.119 e. The lowest BCUT2D eigenvalue weighted by Crippen LogP contribution is -2.49. The average Bonchev–Trinajstić information content (AvgIpc) is 2.64. The molecule has 0 radical (unpaired) electrons. The molecule has 17 heavy (non-hydrogen) atoms. The fourth-order valence-electron chi connectivity index (χ4n) is 2.66. The summed E-state index contributed by atoms with van der Waals surface area (Å²) in [5, 5.41) is 7.19. The van der Waals surface area contributed by atoms with Gasteiger partial charge in [-0.2, -0.15) is 5.10 Å². The summed E-state index contributed by atoms with van der Waals surface area (Å²) < 4.78 is 5.99. The van der Waals surface area contributed by atoms with Crippen LogP contribution in [0.15, 0.2) is 6.20 Å². The molecule has 96 valence electrons. The summed E-state index contributed by atoms with van der Waals surface area (Å²) in [4.78, 5) is 2.48. The minimum atomic E-state index is -0.242. The van der Waals surface area contributed by atoms with Gasteiger partial charge in [0.05, 0.1) is 18.5 Å². The molecule has 1 fully saturated rings. The fraction of sp³-hybridized carbons (Fsp3) is 0.769. The molecule has 1 aromatic rings. The summed E-state index contributed by atoms with van der Waals surface area (Å²) in [6.07, 6.45) is 1.87. The van der Waals surface area contributed by atoms with Gasteiger partial charge in [0.2, 0.25) is 0 Å². The van der Waals surface area contributed by atoms with E-state index in [9.17, 15) is 0 Å². The third-order valence-corrected chi connectivity index (χ3v) is 3.33. The standard InChI is InChI=1S/C13H23N3O/c1-10(2)8-16-5-6-17-13(4,9-16)12-11(3)7-14-15-12/h7,10H,5-6,8-9H2,1-4H3,(H,14,15)/t13-/m1/s1. The van der Waals surface area contributed by atoms with E-state index in [1.165, 1.54) is 5.56 Å². The number of aromatic amines is 1. The summed E-state index contributed by atoms with van der Waals surface area (Å²) in [6, 6.07) is 0. The van der Waals surface area contributed by atoms with Crippen molar-refractivity contribution in [3.05, 3.63) is 17.5 Å². The van der Waals surface area contributed by atoms with E-state index in [1.807, 2.05) is 6.20 Å². The number of aromatic nitrogens is 2. The van der Waals surface area contributed by atoms with Gasteiger partial charge in [-0.05, 0) is 25.3 Å². The molecule has 4 nitrogen and oxygen atoms in total. The van der Waals surface area contributed by atoms with E-state index in [4.69, 9.17) is 4.74 Å². The van der Waals surface area contributed by atoms with Gasteiger partial charge in [0.25, 0.3) is 0 Å². The van der Waals surface area contributed by atoms with Crippen LogP contribution in [0.5, 0.6) is 0 Å². The molecule has 2 rings (SSSR count). The zero-order valence-corrected chi connectivity index (χ0v) is 11.3. The number of hydrogen-bond donors (Lipinski definition) is 1. The first-order valence-corrected chi connectivity index (χ1v) is 6.38. The van der Waals surface area contributed by atoms with Crippen LogP contribution in [0.4, 0.5) is 0 Å². The van der Waals surface area contributed by atoms with E-state index in [1.54, 1.807) is 0 Å². The maximum Gasteiger partial charge on any atom is 0.119 e. The van der Waals surface area contributed by atoms with Crippen LogP contribution >= 0.6 is 0 Å². The molecule has 1 aliphatic heterocycles. The molecule has 0 aliphatic carbocycles. The predicted octanol–water partition coefficient (Wildman–Crippen LogP) is 1.92. The second-order valence-corrected chi connectivity index (χ2v) is 5.64. The van der Waals surface area contributed by atoms with E-state index in [-0.39, 0.29) is 5.60 Å². The molecular weight excluding hydrogens is 214 g/mol. The minimum Gasteiger partial charge on any atom is -0.366 e. The predicted molar refractivity (Wildman–Crippen MR) is 67.9 cm³/mol. The zero-order chi connectivity index (χ0) is 12.5. The maximum absolute atomic E-state index is 5.99. The number of morpholine rings is 1. The third-order valence-electron chi connectivity index (χ3n) is 3.33. The second kappa shape index (κ2) is 4.78. The van der Waals surface area contributed by atoms with Gasteiger partial charge in [0.15, 0.2) is 0 Å². The lowest BCUT2D eigenvalue weighted by atomic mass is 9.96. The van der Waals surface area contributed by atoms with Crippen molar-refractivity contribution in [1.82, 2.24) is 15.1 Å². The van der Waals surface area contributed by atoms with Gasteiger partial charge in [0, 0.05) is 19.6 Å². The summed E-state index contributed by atoms with van der Waals surface area (Å²) >= 11 is 0. The Morgan fingerprint density at radius 1 is 1.59 bits per heavy atom. The maximum atomic E-state index is 5.99. The van der Waals surface area contributed by atoms with E-state index >= 15 is 0 Å². The highest BCUT2D eigenvalue weighted by Gasteiger charge is 2.36. The molecule has 1 saturated heterocycles.